The molecule has 5 nitrogen and oxygen atoms in total. The van der Waals surface area contributed by atoms with Gasteiger partial charge in [-0.2, -0.15) is 0 Å². The van der Waals surface area contributed by atoms with Crippen molar-refractivity contribution < 1.29 is 9.47 Å². The van der Waals surface area contributed by atoms with Gasteiger partial charge >= 0.3 is 0 Å². The molecule has 0 aromatic heterocycles. The minimum Gasteiger partial charge on any atom is -0.491 e. The van der Waals surface area contributed by atoms with Gasteiger partial charge in [0.25, 0.3) is 0 Å². The highest BCUT2D eigenvalue weighted by Gasteiger charge is 2.18. The molecule has 124 valence electrons. The summed E-state index contributed by atoms with van der Waals surface area (Å²) in [4.78, 5) is 4.14. The Kier molecular flexibility index (Phi) is 7.74. The molecule has 1 aromatic carbocycles. The van der Waals surface area contributed by atoms with E-state index in [1.54, 1.807) is 14.2 Å². The zero-order valence-corrected chi connectivity index (χ0v) is 14.4. The lowest BCUT2D eigenvalue weighted by atomic mass is 9.86. The summed E-state index contributed by atoms with van der Waals surface area (Å²) < 4.78 is 10.9. The number of guanidine groups is 1. The molecule has 0 radical (unpaired) electrons. The second-order valence-corrected chi connectivity index (χ2v) is 6.01. The molecule has 5 heteroatoms. The van der Waals surface area contributed by atoms with Gasteiger partial charge in [-0.1, -0.05) is 39.0 Å². The molecule has 1 aromatic rings. The molecule has 0 atom stereocenters. The van der Waals surface area contributed by atoms with E-state index >= 15 is 0 Å². The average molecular weight is 307 g/mol. The summed E-state index contributed by atoms with van der Waals surface area (Å²) in [6.07, 6.45) is 0. The fourth-order valence-electron chi connectivity index (χ4n) is 2.03. The molecular weight excluding hydrogens is 278 g/mol. The highest BCUT2D eigenvalue weighted by atomic mass is 16.5. The van der Waals surface area contributed by atoms with E-state index in [2.05, 4.69) is 42.5 Å². The van der Waals surface area contributed by atoms with Gasteiger partial charge in [-0.15, -0.1) is 0 Å². The molecule has 0 aliphatic heterocycles. The Morgan fingerprint density at radius 2 is 1.73 bits per heavy atom. The lowest BCUT2D eigenvalue weighted by Crippen LogP contribution is -2.40. The van der Waals surface area contributed by atoms with Crippen LogP contribution in [0.25, 0.3) is 0 Å². The van der Waals surface area contributed by atoms with Crippen molar-refractivity contribution in [3.05, 3.63) is 29.8 Å². The molecule has 0 amide bonds. The van der Waals surface area contributed by atoms with E-state index in [1.165, 1.54) is 5.56 Å². The highest BCUT2D eigenvalue weighted by molar-refractivity contribution is 5.79. The van der Waals surface area contributed by atoms with Gasteiger partial charge in [0, 0.05) is 20.7 Å². The van der Waals surface area contributed by atoms with Crippen molar-refractivity contribution in [1.82, 2.24) is 10.6 Å². The number of hydrogen-bond donors (Lipinski definition) is 2. The van der Waals surface area contributed by atoms with Crippen LogP contribution in [-0.4, -0.2) is 46.4 Å². The van der Waals surface area contributed by atoms with Crippen molar-refractivity contribution in [2.75, 3.05) is 40.5 Å². The zero-order valence-electron chi connectivity index (χ0n) is 14.4. The monoisotopic (exact) mass is 307 g/mol. The first-order chi connectivity index (χ1) is 10.5. The molecule has 0 bridgehead atoms. The normalized spacial score (nSPS) is 12.1. The van der Waals surface area contributed by atoms with E-state index in [1.807, 2.05) is 18.2 Å². The summed E-state index contributed by atoms with van der Waals surface area (Å²) in [5.74, 6) is 1.70. The van der Waals surface area contributed by atoms with Gasteiger partial charge in [-0.05, 0) is 17.0 Å². The topological polar surface area (TPSA) is 54.9 Å². The van der Waals surface area contributed by atoms with Gasteiger partial charge in [0.1, 0.15) is 12.4 Å². The third kappa shape index (κ3) is 6.35. The number of aliphatic imine (C=N–C) groups is 1. The molecule has 0 spiro atoms. The summed E-state index contributed by atoms with van der Waals surface area (Å²) in [6.45, 7) is 9.21. The van der Waals surface area contributed by atoms with E-state index in [0.29, 0.717) is 19.8 Å². The summed E-state index contributed by atoms with van der Waals surface area (Å²) in [5.41, 5.74) is 1.29. The Hall–Kier alpha value is -1.75. The number of benzene rings is 1. The molecule has 0 fully saturated rings. The second kappa shape index (κ2) is 9.30. The maximum atomic E-state index is 5.91. The number of nitrogens with one attached hydrogen (secondary N) is 2. The lowest BCUT2D eigenvalue weighted by Gasteiger charge is -2.22. The zero-order chi connectivity index (χ0) is 16.4. The van der Waals surface area contributed by atoms with Gasteiger partial charge < -0.3 is 20.1 Å². The van der Waals surface area contributed by atoms with E-state index in [9.17, 15) is 0 Å². The first-order valence-corrected chi connectivity index (χ1v) is 7.65. The highest BCUT2D eigenvalue weighted by Crippen LogP contribution is 2.30. The van der Waals surface area contributed by atoms with Crippen LogP contribution in [0.1, 0.15) is 26.3 Å². The fraction of sp³-hybridized carbons (Fsp3) is 0.588. The van der Waals surface area contributed by atoms with E-state index in [-0.39, 0.29) is 5.41 Å². The molecule has 0 saturated heterocycles. The number of methoxy groups -OCH3 is 1. The largest absolute Gasteiger partial charge is 0.491 e. The minimum atomic E-state index is 0.0712. The van der Waals surface area contributed by atoms with Crippen LogP contribution in [0.4, 0.5) is 0 Å². The minimum absolute atomic E-state index is 0.0712. The van der Waals surface area contributed by atoms with Crippen molar-refractivity contribution in [2.45, 2.75) is 26.2 Å². The van der Waals surface area contributed by atoms with Crippen molar-refractivity contribution in [3.63, 3.8) is 0 Å². The molecule has 0 saturated carbocycles. The maximum absolute atomic E-state index is 5.91. The first-order valence-electron chi connectivity index (χ1n) is 7.65. The third-order valence-electron chi connectivity index (χ3n) is 3.17. The fourth-order valence-corrected chi connectivity index (χ4v) is 2.03. The predicted octanol–water partition coefficient (Wildman–Crippen LogP) is 2.17. The second-order valence-electron chi connectivity index (χ2n) is 6.01. The molecule has 0 aliphatic carbocycles. The van der Waals surface area contributed by atoms with Crippen molar-refractivity contribution in [1.29, 1.82) is 0 Å². The van der Waals surface area contributed by atoms with Crippen LogP contribution in [0.15, 0.2) is 29.3 Å². The number of hydrogen-bond acceptors (Lipinski definition) is 3. The van der Waals surface area contributed by atoms with Crippen LogP contribution in [-0.2, 0) is 10.2 Å². The lowest BCUT2D eigenvalue weighted by molar-refractivity contribution is 0.203. The summed E-state index contributed by atoms with van der Waals surface area (Å²) in [5, 5.41) is 6.38. The standard InChI is InChI=1S/C17H29N3O2/c1-17(2,3)14-8-6-7-9-15(14)22-13-11-20-16(18-4)19-10-12-21-5/h6-9H,10-13H2,1-5H3,(H2,18,19,20). The Bertz CT molecular complexity index is 467. The molecule has 0 unspecified atom stereocenters. The Morgan fingerprint density at radius 3 is 2.32 bits per heavy atom. The molecule has 0 heterocycles. The average Bonchev–Trinajstić information content (AvgIpc) is 2.49. The van der Waals surface area contributed by atoms with Crippen LogP contribution in [0.2, 0.25) is 0 Å². The van der Waals surface area contributed by atoms with Crippen LogP contribution >= 0.6 is 0 Å². The molecular formula is C17H29N3O2. The van der Waals surface area contributed by atoms with E-state index in [4.69, 9.17) is 9.47 Å². The van der Waals surface area contributed by atoms with Gasteiger partial charge in [-0.3, -0.25) is 4.99 Å². The predicted molar refractivity (Wildman–Crippen MR) is 91.9 cm³/mol. The number of nitrogens with zero attached hydrogens (tertiary/aromatic N) is 1. The smallest absolute Gasteiger partial charge is 0.191 e. The van der Waals surface area contributed by atoms with Crippen LogP contribution in [0.5, 0.6) is 5.75 Å². The Morgan fingerprint density at radius 1 is 1.09 bits per heavy atom. The summed E-state index contributed by atoms with van der Waals surface area (Å²) >= 11 is 0. The quantitative estimate of drug-likeness (QED) is 0.460. The molecule has 1 rings (SSSR count). The third-order valence-corrected chi connectivity index (χ3v) is 3.17. The van der Waals surface area contributed by atoms with Crippen LogP contribution in [0, 0.1) is 0 Å². The van der Waals surface area contributed by atoms with Crippen molar-refractivity contribution in [2.24, 2.45) is 4.99 Å². The number of rotatable bonds is 7. The summed E-state index contributed by atoms with van der Waals surface area (Å²) in [7, 11) is 3.43. The van der Waals surface area contributed by atoms with Crippen LogP contribution < -0.4 is 15.4 Å². The Labute approximate surface area is 134 Å². The summed E-state index contributed by atoms with van der Waals surface area (Å²) in [6, 6.07) is 8.19. The van der Waals surface area contributed by atoms with E-state index in [0.717, 1.165) is 18.3 Å². The van der Waals surface area contributed by atoms with Gasteiger partial charge in [0.05, 0.1) is 13.2 Å². The van der Waals surface area contributed by atoms with Crippen molar-refractivity contribution in [3.8, 4) is 5.75 Å². The molecule has 2 N–H and O–H groups in total. The van der Waals surface area contributed by atoms with Crippen molar-refractivity contribution >= 4 is 5.96 Å². The van der Waals surface area contributed by atoms with E-state index < -0.39 is 0 Å². The maximum Gasteiger partial charge on any atom is 0.191 e. The molecule has 0 aliphatic rings. The number of ether oxygens (including phenoxy) is 2. The Balaban J connectivity index is 2.42. The first kappa shape index (κ1) is 18.3. The molecule has 22 heavy (non-hydrogen) atoms. The van der Waals surface area contributed by atoms with Gasteiger partial charge in [0.15, 0.2) is 5.96 Å². The number of para-hydroxylation sites is 1. The van der Waals surface area contributed by atoms with Gasteiger partial charge in [-0.25, -0.2) is 0 Å². The SMILES string of the molecule is CN=C(NCCOC)NCCOc1ccccc1C(C)(C)C. The van der Waals surface area contributed by atoms with Gasteiger partial charge in [0.2, 0.25) is 0 Å². The van der Waals surface area contributed by atoms with Crippen LogP contribution in [0.3, 0.4) is 0 Å².